The van der Waals surface area contributed by atoms with Gasteiger partial charge in [-0.15, -0.1) is 0 Å². The SMILES string of the molecule is Cc1ccc(C(C)NC(=S)NCC(C)C)cc1C. The van der Waals surface area contributed by atoms with E-state index in [1.807, 2.05) is 0 Å². The van der Waals surface area contributed by atoms with Gasteiger partial charge in [-0.1, -0.05) is 32.0 Å². The number of hydrogen-bond acceptors (Lipinski definition) is 1. The predicted octanol–water partition coefficient (Wildman–Crippen LogP) is 3.48. The molecule has 1 aromatic rings. The summed E-state index contributed by atoms with van der Waals surface area (Å²) in [5.41, 5.74) is 3.92. The lowest BCUT2D eigenvalue weighted by Gasteiger charge is -2.19. The van der Waals surface area contributed by atoms with Crippen LogP contribution < -0.4 is 10.6 Å². The molecule has 0 aromatic heterocycles. The fourth-order valence-electron chi connectivity index (χ4n) is 1.66. The monoisotopic (exact) mass is 264 g/mol. The average Bonchev–Trinajstić information content (AvgIpc) is 2.30. The summed E-state index contributed by atoms with van der Waals surface area (Å²) in [6.07, 6.45) is 0. The van der Waals surface area contributed by atoms with Crippen molar-refractivity contribution in [2.24, 2.45) is 5.92 Å². The van der Waals surface area contributed by atoms with Crippen molar-refractivity contribution >= 4 is 17.3 Å². The second-order valence-electron chi connectivity index (χ2n) is 5.31. The first-order chi connectivity index (χ1) is 8.40. The zero-order valence-electron chi connectivity index (χ0n) is 12.0. The maximum atomic E-state index is 5.29. The first-order valence-corrected chi connectivity index (χ1v) is 6.92. The number of nitrogens with one attached hydrogen (secondary N) is 2. The number of thiocarbonyl (C=S) groups is 1. The van der Waals surface area contributed by atoms with Gasteiger partial charge in [-0.25, -0.2) is 0 Å². The van der Waals surface area contributed by atoms with E-state index in [1.54, 1.807) is 0 Å². The van der Waals surface area contributed by atoms with Crippen LogP contribution >= 0.6 is 12.2 Å². The second-order valence-corrected chi connectivity index (χ2v) is 5.72. The van der Waals surface area contributed by atoms with Crippen molar-refractivity contribution in [2.75, 3.05) is 6.54 Å². The van der Waals surface area contributed by atoms with E-state index < -0.39 is 0 Å². The largest absolute Gasteiger partial charge is 0.362 e. The number of aryl methyl sites for hydroxylation is 2. The molecular weight excluding hydrogens is 240 g/mol. The van der Waals surface area contributed by atoms with E-state index in [1.165, 1.54) is 16.7 Å². The minimum absolute atomic E-state index is 0.233. The zero-order chi connectivity index (χ0) is 13.7. The third kappa shape index (κ3) is 4.65. The van der Waals surface area contributed by atoms with Crippen molar-refractivity contribution in [2.45, 2.75) is 40.7 Å². The van der Waals surface area contributed by atoms with Crippen molar-refractivity contribution in [3.63, 3.8) is 0 Å². The van der Waals surface area contributed by atoms with Crippen LogP contribution in [0.1, 0.15) is 43.5 Å². The van der Waals surface area contributed by atoms with Crippen LogP contribution in [-0.2, 0) is 0 Å². The maximum absolute atomic E-state index is 5.29. The van der Waals surface area contributed by atoms with Crippen molar-refractivity contribution in [3.05, 3.63) is 34.9 Å². The van der Waals surface area contributed by atoms with Gasteiger partial charge in [0.25, 0.3) is 0 Å². The van der Waals surface area contributed by atoms with Crippen molar-refractivity contribution in [3.8, 4) is 0 Å². The van der Waals surface area contributed by atoms with Gasteiger partial charge >= 0.3 is 0 Å². The summed E-state index contributed by atoms with van der Waals surface area (Å²) in [4.78, 5) is 0. The Labute approximate surface area is 116 Å². The zero-order valence-corrected chi connectivity index (χ0v) is 12.8. The van der Waals surface area contributed by atoms with Gasteiger partial charge in [-0.3, -0.25) is 0 Å². The quantitative estimate of drug-likeness (QED) is 0.814. The third-order valence-electron chi connectivity index (χ3n) is 3.05. The van der Waals surface area contributed by atoms with Crippen LogP contribution in [0.3, 0.4) is 0 Å². The normalized spacial score (nSPS) is 12.3. The van der Waals surface area contributed by atoms with E-state index >= 15 is 0 Å². The molecule has 0 aliphatic rings. The van der Waals surface area contributed by atoms with Crippen LogP contribution in [-0.4, -0.2) is 11.7 Å². The summed E-state index contributed by atoms with van der Waals surface area (Å²) in [6.45, 7) is 11.6. The molecule has 2 nitrogen and oxygen atoms in total. The molecular formula is C15H24N2S. The predicted molar refractivity (Wildman–Crippen MR) is 82.9 cm³/mol. The van der Waals surface area contributed by atoms with Gasteiger partial charge in [0.1, 0.15) is 0 Å². The van der Waals surface area contributed by atoms with Gasteiger partial charge < -0.3 is 10.6 Å². The molecule has 0 aliphatic carbocycles. The molecule has 0 radical (unpaired) electrons. The first kappa shape index (κ1) is 15.0. The summed E-state index contributed by atoms with van der Waals surface area (Å²) in [5, 5.41) is 7.28. The summed E-state index contributed by atoms with van der Waals surface area (Å²) in [5.74, 6) is 0.599. The van der Waals surface area contributed by atoms with Crippen molar-refractivity contribution in [1.29, 1.82) is 0 Å². The van der Waals surface area contributed by atoms with Gasteiger partial charge in [0.2, 0.25) is 0 Å². The third-order valence-corrected chi connectivity index (χ3v) is 3.31. The number of hydrogen-bond donors (Lipinski definition) is 2. The number of rotatable bonds is 4. The molecule has 0 spiro atoms. The first-order valence-electron chi connectivity index (χ1n) is 6.51. The van der Waals surface area contributed by atoms with E-state index in [9.17, 15) is 0 Å². The minimum Gasteiger partial charge on any atom is -0.362 e. The van der Waals surface area contributed by atoms with Crippen LogP contribution in [0.2, 0.25) is 0 Å². The molecule has 0 saturated heterocycles. The lowest BCUT2D eigenvalue weighted by molar-refractivity contribution is 0.609. The molecule has 3 heteroatoms. The Hall–Kier alpha value is -1.09. The summed E-state index contributed by atoms with van der Waals surface area (Å²) < 4.78 is 0. The molecule has 1 unspecified atom stereocenters. The molecule has 0 heterocycles. The van der Waals surface area contributed by atoms with Crippen LogP contribution in [0.15, 0.2) is 18.2 Å². The van der Waals surface area contributed by atoms with Gasteiger partial charge in [0.15, 0.2) is 5.11 Å². The highest BCUT2D eigenvalue weighted by atomic mass is 32.1. The molecule has 0 bridgehead atoms. The Kier molecular flexibility index (Phi) is 5.60. The van der Waals surface area contributed by atoms with E-state index in [2.05, 4.69) is 63.5 Å². The fourth-order valence-corrected chi connectivity index (χ4v) is 1.92. The highest BCUT2D eigenvalue weighted by molar-refractivity contribution is 7.80. The smallest absolute Gasteiger partial charge is 0.166 e. The lowest BCUT2D eigenvalue weighted by Crippen LogP contribution is -2.38. The van der Waals surface area contributed by atoms with E-state index in [-0.39, 0.29) is 6.04 Å². The molecule has 2 N–H and O–H groups in total. The van der Waals surface area contributed by atoms with E-state index in [0.717, 1.165) is 11.7 Å². The Bertz CT molecular complexity index is 413. The molecule has 0 aliphatic heterocycles. The van der Waals surface area contributed by atoms with Gasteiger partial charge in [0.05, 0.1) is 6.04 Å². The molecule has 0 amide bonds. The Balaban J connectivity index is 2.56. The summed E-state index contributed by atoms with van der Waals surface area (Å²) >= 11 is 5.29. The Morgan fingerprint density at radius 3 is 2.39 bits per heavy atom. The highest BCUT2D eigenvalue weighted by Crippen LogP contribution is 2.16. The fraction of sp³-hybridized carbons (Fsp3) is 0.533. The van der Waals surface area contributed by atoms with Gasteiger partial charge in [-0.2, -0.15) is 0 Å². The molecule has 100 valence electrons. The molecule has 1 aromatic carbocycles. The molecule has 1 rings (SSSR count). The minimum atomic E-state index is 0.233. The standard InChI is InChI=1S/C15H24N2S/c1-10(2)9-16-15(18)17-13(5)14-7-6-11(3)12(4)8-14/h6-8,10,13H,9H2,1-5H3,(H2,16,17,18). The molecule has 1 atom stereocenters. The highest BCUT2D eigenvalue weighted by Gasteiger charge is 2.07. The number of benzene rings is 1. The van der Waals surface area contributed by atoms with Gasteiger partial charge in [0, 0.05) is 6.54 Å². The average molecular weight is 264 g/mol. The Morgan fingerprint density at radius 2 is 1.83 bits per heavy atom. The Morgan fingerprint density at radius 1 is 1.17 bits per heavy atom. The van der Waals surface area contributed by atoms with E-state index in [4.69, 9.17) is 12.2 Å². The van der Waals surface area contributed by atoms with Crippen molar-refractivity contribution < 1.29 is 0 Å². The van der Waals surface area contributed by atoms with E-state index in [0.29, 0.717) is 5.92 Å². The maximum Gasteiger partial charge on any atom is 0.166 e. The topological polar surface area (TPSA) is 24.1 Å². The van der Waals surface area contributed by atoms with Crippen LogP contribution in [0, 0.1) is 19.8 Å². The summed E-state index contributed by atoms with van der Waals surface area (Å²) in [7, 11) is 0. The van der Waals surface area contributed by atoms with Crippen LogP contribution in [0.4, 0.5) is 0 Å². The molecule has 0 fully saturated rings. The second kappa shape index (κ2) is 6.74. The summed E-state index contributed by atoms with van der Waals surface area (Å²) in [6, 6.07) is 6.77. The van der Waals surface area contributed by atoms with Crippen molar-refractivity contribution in [1.82, 2.24) is 10.6 Å². The molecule has 0 saturated carbocycles. The van der Waals surface area contributed by atoms with Gasteiger partial charge in [-0.05, 0) is 55.6 Å². The van der Waals surface area contributed by atoms with Crippen LogP contribution in [0.5, 0.6) is 0 Å². The lowest BCUT2D eigenvalue weighted by atomic mass is 10.0. The molecule has 18 heavy (non-hydrogen) atoms. The van der Waals surface area contributed by atoms with Crippen LogP contribution in [0.25, 0.3) is 0 Å².